The van der Waals surface area contributed by atoms with E-state index < -0.39 is 124 Å². The van der Waals surface area contributed by atoms with Crippen LogP contribution in [0.2, 0.25) is 0 Å². The zero-order valence-electron chi connectivity index (χ0n) is 71.1. The molecule has 0 aromatic rings. The van der Waals surface area contributed by atoms with Crippen molar-refractivity contribution in [2.45, 2.75) is 478 Å². The summed E-state index contributed by atoms with van der Waals surface area (Å²) in [5.41, 5.74) is 0. The number of allylic oxidation sites excluding steroid dienone is 13. The van der Waals surface area contributed by atoms with E-state index in [4.69, 9.17) is 28.4 Å². The Labute approximate surface area is 686 Å². The lowest BCUT2D eigenvalue weighted by Gasteiger charge is -2.48. The molecule has 1 amide bonds. The molecule has 0 aromatic heterocycles. The molecule has 3 heterocycles. The van der Waals surface area contributed by atoms with Gasteiger partial charge in [0.2, 0.25) is 5.91 Å². The van der Waals surface area contributed by atoms with Gasteiger partial charge in [-0.25, -0.2) is 0 Å². The van der Waals surface area contributed by atoms with Crippen molar-refractivity contribution in [3.63, 3.8) is 0 Å². The maximum Gasteiger partial charge on any atom is 0.220 e. The van der Waals surface area contributed by atoms with Crippen LogP contribution in [-0.4, -0.2) is 193 Å². The lowest BCUT2D eigenvalue weighted by Crippen LogP contribution is -2.66. The maximum absolute atomic E-state index is 13.5. The first-order chi connectivity index (χ1) is 55.3. The molecule has 3 aliphatic rings. The topological polar surface area (TPSA) is 307 Å². The van der Waals surface area contributed by atoms with Crippen LogP contribution in [0, 0.1) is 0 Å². The monoisotopic (exact) mass is 1600 g/mol. The minimum Gasteiger partial charge on any atom is -0.394 e. The van der Waals surface area contributed by atoms with Gasteiger partial charge in [0.25, 0.3) is 0 Å². The van der Waals surface area contributed by atoms with Crippen molar-refractivity contribution in [1.29, 1.82) is 0 Å². The Bertz CT molecular complexity index is 2370. The zero-order chi connectivity index (χ0) is 81.7. The quantitative estimate of drug-likeness (QED) is 0.0199. The van der Waals surface area contributed by atoms with Gasteiger partial charge in [0.05, 0.1) is 38.6 Å². The Morgan fingerprint density at radius 3 is 0.991 bits per heavy atom. The summed E-state index contributed by atoms with van der Waals surface area (Å²) < 4.78 is 34.5. The van der Waals surface area contributed by atoms with Crippen molar-refractivity contribution in [2.24, 2.45) is 0 Å². The summed E-state index contributed by atoms with van der Waals surface area (Å²) in [7, 11) is 0. The van der Waals surface area contributed by atoms with E-state index in [9.17, 15) is 61.0 Å². The first-order valence-electron chi connectivity index (χ1n) is 46.3. The summed E-state index contributed by atoms with van der Waals surface area (Å²) in [6.07, 6.45) is 73.3. The van der Waals surface area contributed by atoms with Crippen LogP contribution in [0.15, 0.2) is 85.1 Å². The number of amides is 1. The number of unbranched alkanes of at least 4 members (excludes halogenated alkanes) is 47. The normalized spacial score (nSPS) is 25.2. The second-order valence-electron chi connectivity index (χ2n) is 32.7. The van der Waals surface area contributed by atoms with E-state index in [-0.39, 0.29) is 18.9 Å². The third-order valence-corrected chi connectivity index (χ3v) is 22.7. The molecule has 3 saturated heterocycles. The third-order valence-electron chi connectivity index (χ3n) is 22.7. The molecule has 19 heteroatoms. The first kappa shape index (κ1) is 104. The Kier molecular flexibility index (Phi) is 67.2. The standard InChI is InChI=1S/C94H169NO18/c1-3-5-7-9-11-13-15-17-19-21-23-25-27-29-31-33-34-35-36-37-38-39-40-41-42-44-46-48-50-52-54-56-58-60-62-64-66-68-70-72-82(100)95-77(78(99)71-69-67-65-63-61-59-57-55-53-51-49-47-45-43-32-30-28-26-24-22-20-18-16-14-12-10-8-6-4-2)76-108-92-88(106)85(103)90(80(74-97)110-92)113-94-89(107)86(104)91(81(75-98)111-94)112-93-87(105)84(102)83(101)79(73-96)109-93/h5,7,11,13,17,19,23,25,53,55,61,63,69,71,77-81,83-94,96-99,101-107H,3-4,6,8-10,12,14-16,18,20-22,24,26-52,54,56-60,62,64-68,70,72-76H2,1-2H3,(H,95,100)/b7-5-,13-11-,19-17-,25-23-,55-53+,63-61+,71-69+. The average Bonchev–Trinajstić information content (AvgIpc) is 0.780. The molecule has 3 aliphatic heterocycles. The third kappa shape index (κ3) is 51.3. The fourth-order valence-corrected chi connectivity index (χ4v) is 15.3. The Morgan fingerprint density at radius 1 is 0.327 bits per heavy atom. The summed E-state index contributed by atoms with van der Waals surface area (Å²) >= 11 is 0. The van der Waals surface area contributed by atoms with E-state index in [2.05, 4.69) is 92.1 Å². The molecular formula is C94H169NO18. The molecule has 0 saturated carbocycles. The van der Waals surface area contributed by atoms with E-state index in [0.29, 0.717) is 12.8 Å². The van der Waals surface area contributed by atoms with Crippen molar-refractivity contribution >= 4 is 5.91 Å². The van der Waals surface area contributed by atoms with Gasteiger partial charge in [-0.1, -0.05) is 369 Å². The van der Waals surface area contributed by atoms with Gasteiger partial charge in [0.1, 0.15) is 73.2 Å². The minimum atomic E-state index is -1.99. The Balaban J connectivity index is 1.31. The first-order valence-corrected chi connectivity index (χ1v) is 46.3. The number of nitrogens with one attached hydrogen (secondary N) is 1. The highest BCUT2D eigenvalue weighted by Crippen LogP contribution is 2.34. The number of carbonyl (C=O) groups is 1. The maximum atomic E-state index is 13.5. The van der Waals surface area contributed by atoms with Crippen LogP contribution < -0.4 is 5.32 Å². The van der Waals surface area contributed by atoms with Gasteiger partial charge in [0.15, 0.2) is 18.9 Å². The lowest BCUT2D eigenvalue weighted by atomic mass is 9.96. The predicted molar refractivity (Wildman–Crippen MR) is 457 cm³/mol. The molecule has 0 radical (unpaired) electrons. The molecule has 3 rings (SSSR count). The molecule has 0 aromatic carbocycles. The number of aliphatic hydroxyl groups excluding tert-OH is 11. The highest BCUT2D eigenvalue weighted by molar-refractivity contribution is 5.76. The minimum absolute atomic E-state index is 0.233. The highest BCUT2D eigenvalue weighted by Gasteiger charge is 2.54. The van der Waals surface area contributed by atoms with E-state index in [1.54, 1.807) is 6.08 Å². The van der Waals surface area contributed by atoms with Crippen LogP contribution >= 0.6 is 0 Å². The largest absolute Gasteiger partial charge is 0.394 e. The van der Waals surface area contributed by atoms with Gasteiger partial charge in [-0.05, 0) is 83.5 Å². The van der Waals surface area contributed by atoms with Crippen LogP contribution in [0.25, 0.3) is 0 Å². The Hall–Kier alpha value is -3.03. The molecule has 3 fully saturated rings. The van der Waals surface area contributed by atoms with E-state index in [1.165, 1.54) is 270 Å². The second-order valence-corrected chi connectivity index (χ2v) is 32.7. The molecule has 17 atom stereocenters. The van der Waals surface area contributed by atoms with Crippen LogP contribution in [0.5, 0.6) is 0 Å². The van der Waals surface area contributed by atoms with Crippen LogP contribution in [0.3, 0.4) is 0 Å². The Morgan fingerprint density at radius 2 is 0.619 bits per heavy atom. The summed E-state index contributed by atoms with van der Waals surface area (Å²) in [5, 5.41) is 121. The van der Waals surface area contributed by atoms with Gasteiger partial charge in [-0.15, -0.1) is 0 Å². The van der Waals surface area contributed by atoms with Crippen LogP contribution in [0.1, 0.15) is 373 Å². The van der Waals surface area contributed by atoms with E-state index in [1.807, 2.05) is 6.08 Å². The highest BCUT2D eigenvalue weighted by atomic mass is 16.8. The van der Waals surface area contributed by atoms with Crippen molar-refractivity contribution in [3.05, 3.63) is 85.1 Å². The number of hydrogen-bond acceptors (Lipinski definition) is 18. The van der Waals surface area contributed by atoms with Crippen molar-refractivity contribution in [2.75, 3.05) is 26.4 Å². The molecule has 0 bridgehead atoms. The molecule has 0 spiro atoms. The van der Waals surface area contributed by atoms with Crippen molar-refractivity contribution in [1.82, 2.24) is 5.32 Å². The van der Waals surface area contributed by atoms with Crippen LogP contribution in [-0.2, 0) is 33.2 Å². The summed E-state index contributed by atoms with van der Waals surface area (Å²) in [5.74, 6) is -0.284. The fourth-order valence-electron chi connectivity index (χ4n) is 15.3. The molecule has 12 N–H and O–H groups in total. The van der Waals surface area contributed by atoms with Crippen molar-refractivity contribution < 1.29 is 89.4 Å². The number of ether oxygens (including phenoxy) is 6. The second kappa shape index (κ2) is 72.9. The fraction of sp³-hybridized carbons (Fsp3) is 0.840. The van der Waals surface area contributed by atoms with Crippen LogP contribution in [0.4, 0.5) is 0 Å². The van der Waals surface area contributed by atoms with Crippen molar-refractivity contribution in [3.8, 4) is 0 Å². The number of carbonyl (C=O) groups excluding carboxylic acids is 1. The van der Waals surface area contributed by atoms with E-state index >= 15 is 0 Å². The summed E-state index contributed by atoms with van der Waals surface area (Å²) in [6, 6.07) is -1.00. The molecule has 19 nitrogen and oxygen atoms in total. The van der Waals surface area contributed by atoms with Gasteiger partial charge in [-0.2, -0.15) is 0 Å². The number of rotatable bonds is 75. The summed E-state index contributed by atoms with van der Waals surface area (Å²) in [6.45, 7) is 1.65. The average molecular weight is 1600 g/mol. The van der Waals surface area contributed by atoms with E-state index in [0.717, 1.165) is 70.6 Å². The summed E-state index contributed by atoms with van der Waals surface area (Å²) in [4.78, 5) is 13.5. The van der Waals surface area contributed by atoms with Gasteiger partial charge < -0.3 is 89.9 Å². The number of hydrogen-bond donors (Lipinski definition) is 12. The van der Waals surface area contributed by atoms with Gasteiger partial charge in [-0.3, -0.25) is 4.79 Å². The molecule has 113 heavy (non-hydrogen) atoms. The lowest BCUT2D eigenvalue weighted by molar-refractivity contribution is -0.379. The zero-order valence-corrected chi connectivity index (χ0v) is 71.1. The molecular weight excluding hydrogens is 1430 g/mol. The predicted octanol–water partition coefficient (Wildman–Crippen LogP) is 18.1. The van der Waals surface area contributed by atoms with Gasteiger partial charge in [0, 0.05) is 6.42 Å². The SMILES string of the molecule is CC/C=C\C/C=C\C/C=C\C/C=C\CCCCCCCCCCCCCCCCCCCCCCCCCCCCC(=O)NC(COC1OC(CO)C(OC2OC(CO)C(OC3OC(CO)C(O)C(O)C3O)C(O)C2O)C(O)C1O)C(O)/C=C/CC/C=C/CC/C=C/CCCCCCCCCCCCCCCCCCCCC. The molecule has 17 unspecified atom stereocenters. The smallest absolute Gasteiger partial charge is 0.220 e. The molecule has 0 aliphatic carbocycles. The van der Waals surface area contributed by atoms with Gasteiger partial charge >= 0.3 is 0 Å². The number of aliphatic hydroxyl groups is 11. The molecule has 658 valence electrons.